The highest BCUT2D eigenvalue weighted by Crippen LogP contribution is 2.32. The van der Waals surface area contributed by atoms with Crippen LogP contribution in [-0.4, -0.2) is 22.7 Å². The van der Waals surface area contributed by atoms with Gasteiger partial charge >= 0.3 is 6.16 Å². The zero-order chi connectivity index (χ0) is 17.7. The Morgan fingerprint density at radius 3 is 2.46 bits per heavy atom. The minimum absolute atomic E-state index is 0.113. The quantitative estimate of drug-likeness (QED) is 0.699. The van der Waals surface area contributed by atoms with Gasteiger partial charge in [0.05, 0.1) is 18.0 Å². The molecule has 0 aliphatic heterocycles. The molecule has 24 heavy (non-hydrogen) atoms. The second-order valence-electron chi connectivity index (χ2n) is 5.45. The fraction of sp³-hybridized carbons (Fsp3) is 0.389. The van der Waals surface area contributed by atoms with Gasteiger partial charge in [-0.15, -0.1) is 0 Å². The van der Waals surface area contributed by atoms with E-state index in [0.29, 0.717) is 28.0 Å². The molecule has 0 saturated heterocycles. The summed E-state index contributed by atoms with van der Waals surface area (Å²) >= 11 is 5.93. The van der Waals surface area contributed by atoms with Crippen LogP contribution in [0, 0.1) is 6.92 Å². The van der Waals surface area contributed by atoms with Crippen molar-refractivity contribution in [2.24, 2.45) is 0 Å². The summed E-state index contributed by atoms with van der Waals surface area (Å²) < 4.78 is 10.2. The zero-order valence-electron chi connectivity index (χ0n) is 14.3. The van der Waals surface area contributed by atoms with Gasteiger partial charge in [0.25, 0.3) is 0 Å². The van der Waals surface area contributed by atoms with Gasteiger partial charge < -0.3 is 9.47 Å². The second-order valence-corrected chi connectivity index (χ2v) is 5.88. The lowest BCUT2D eigenvalue weighted by atomic mass is 10.0. The van der Waals surface area contributed by atoms with E-state index in [1.54, 1.807) is 26.0 Å². The minimum Gasteiger partial charge on any atom is -0.434 e. The Balaban J connectivity index is 2.48. The Morgan fingerprint density at radius 1 is 1.21 bits per heavy atom. The molecule has 0 bridgehead atoms. The van der Waals surface area contributed by atoms with Gasteiger partial charge in [0, 0.05) is 16.5 Å². The van der Waals surface area contributed by atoms with Crippen LogP contribution < -0.4 is 4.74 Å². The van der Waals surface area contributed by atoms with E-state index in [1.807, 2.05) is 19.1 Å². The molecule has 0 fully saturated rings. The average Bonchev–Trinajstić information content (AvgIpc) is 2.56. The van der Waals surface area contributed by atoms with Crippen LogP contribution >= 0.6 is 11.6 Å². The molecule has 2 rings (SSSR count). The van der Waals surface area contributed by atoms with Crippen molar-refractivity contribution in [2.45, 2.75) is 40.0 Å². The Bertz CT molecular complexity index is 717. The molecule has 1 aromatic heterocycles. The third-order valence-corrected chi connectivity index (χ3v) is 3.94. The normalized spacial score (nSPS) is 11.9. The Morgan fingerprint density at radius 2 is 1.88 bits per heavy atom. The maximum absolute atomic E-state index is 11.7. The summed E-state index contributed by atoms with van der Waals surface area (Å²) in [5.41, 5.74) is 2.15. The zero-order valence-corrected chi connectivity index (χ0v) is 15.1. The van der Waals surface area contributed by atoms with Crippen molar-refractivity contribution in [2.75, 3.05) is 6.61 Å². The summed E-state index contributed by atoms with van der Waals surface area (Å²) in [6, 6.07) is 7.32. The molecule has 6 heteroatoms. The summed E-state index contributed by atoms with van der Waals surface area (Å²) in [7, 11) is 0. The standard InChI is InChI=1S/C18H21ClN2O3/c1-5-11(3)15-16(24-18(22)23-6-2)12(4)20-17(21-15)13-7-9-14(19)10-8-13/h7-11H,5-6H2,1-4H3. The van der Waals surface area contributed by atoms with Crippen molar-refractivity contribution in [1.82, 2.24) is 9.97 Å². The number of carbonyl (C=O) groups is 1. The first-order valence-corrected chi connectivity index (χ1v) is 8.33. The fourth-order valence-electron chi connectivity index (χ4n) is 2.20. The number of nitrogens with zero attached hydrogens (tertiary/aromatic N) is 2. The van der Waals surface area contributed by atoms with E-state index >= 15 is 0 Å². The third kappa shape index (κ3) is 4.23. The molecule has 0 saturated carbocycles. The van der Waals surface area contributed by atoms with Crippen LogP contribution in [0.5, 0.6) is 5.75 Å². The summed E-state index contributed by atoms with van der Waals surface area (Å²) in [5.74, 6) is 1.07. The SMILES string of the molecule is CCOC(=O)Oc1c(C)nc(-c2ccc(Cl)cc2)nc1C(C)CC. The molecule has 1 aromatic carbocycles. The maximum atomic E-state index is 11.7. The molecule has 0 amide bonds. The number of halogens is 1. The second kappa shape index (κ2) is 8.11. The van der Waals surface area contributed by atoms with Gasteiger partial charge in [-0.1, -0.05) is 25.4 Å². The van der Waals surface area contributed by atoms with Crippen LogP contribution in [0.3, 0.4) is 0 Å². The van der Waals surface area contributed by atoms with E-state index in [1.165, 1.54) is 0 Å². The van der Waals surface area contributed by atoms with Crippen molar-refractivity contribution in [3.8, 4) is 17.1 Å². The number of hydrogen-bond donors (Lipinski definition) is 0. The number of aryl methyl sites for hydroxylation is 1. The summed E-state index contributed by atoms with van der Waals surface area (Å²) in [6.45, 7) is 7.86. The van der Waals surface area contributed by atoms with Gasteiger partial charge in [-0.3, -0.25) is 0 Å². The van der Waals surface area contributed by atoms with Crippen LogP contribution in [-0.2, 0) is 4.74 Å². The topological polar surface area (TPSA) is 61.3 Å². The van der Waals surface area contributed by atoms with E-state index < -0.39 is 6.16 Å². The van der Waals surface area contributed by atoms with Crippen LogP contribution in [0.1, 0.15) is 44.5 Å². The molecule has 5 nitrogen and oxygen atoms in total. The number of carbonyl (C=O) groups excluding carboxylic acids is 1. The Kier molecular flexibility index (Phi) is 6.15. The fourth-order valence-corrected chi connectivity index (χ4v) is 2.32. The van der Waals surface area contributed by atoms with Crippen LogP contribution in [0.4, 0.5) is 4.79 Å². The van der Waals surface area contributed by atoms with Crippen molar-refractivity contribution in [1.29, 1.82) is 0 Å². The van der Waals surface area contributed by atoms with Crippen LogP contribution in [0.15, 0.2) is 24.3 Å². The highest BCUT2D eigenvalue weighted by molar-refractivity contribution is 6.30. The van der Waals surface area contributed by atoms with Crippen molar-refractivity contribution in [3.63, 3.8) is 0 Å². The Labute approximate surface area is 147 Å². The van der Waals surface area contributed by atoms with E-state index in [2.05, 4.69) is 16.9 Å². The highest BCUT2D eigenvalue weighted by atomic mass is 35.5. The van der Waals surface area contributed by atoms with Gasteiger partial charge in [-0.05, 0) is 44.5 Å². The molecule has 0 aliphatic rings. The molecule has 128 valence electrons. The summed E-state index contributed by atoms with van der Waals surface area (Å²) in [5, 5.41) is 0.653. The lowest BCUT2D eigenvalue weighted by molar-refractivity contribution is 0.103. The van der Waals surface area contributed by atoms with E-state index in [0.717, 1.165) is 12.0 Å². The minimum atomic E-state index is -0.743. The molecule has 0 N–H and O–H groups in total. The molecule has 1 atom stereocenters. The van der Waals surface area contributed by atoms with Crippen molar-refractivity contribution < 1.29 is 14.3 Å². The highest BCUT2D eigenvalue weighted by Gasteiger charge is 2.21. The summed E-state index contributed by atoms with van der Waals surface area (Å²) in [6.07, 6.45) is 0.114. The predicted octanol–water partition coefficient (Wildman–Crippen LogP) is 5.15. The Hall–Kier alpha value is -2.14. The van der Waals surface area contributed by atoms with Gasteiger partial charge in [0.1, 0.15) is 0 Å². The average molecular weight is 349 g/mol. The van der Waals surface area contributed by atoms with Crippen LogP contribution in [0.25, 0.3) is 11.4 Å². The molecule has 1 heterocycles. The van der Waals surface area contributed by atoms with Gasteiger partial charge in [0.2, 0.25) is 0 Å². The number of ether oxygens (including phenoxy) is 2. The molecule has 0 spiro atoms. The van der Waals surface area contributed by atoms with E-state index in [-0.39, 0.29) is 12.5 Å². The van der Waals surface area contributed by atoms with Crippen molar-refractivity contribution in [3.05, 3.63) is 40.7 Å². The van der Waals surface area contributed by atoms with E-state index in [4.69, 9.17) is 21.1 Å². The van der Waals surface area contributed by atoms with Crippen LogP contribution in [0.2, 0.25) is 5.02 Å². The lowest BCUT2D eigenvalue weighted by Gasteiger charge is -2.16. The molecule has 2 aromatic rings. The van der Waals surface area contributed by atoms with Gasteiger partial charge in [-0.2, -0.15) is 0 Å². The first-order chi connectivity index (χ1) is 11.5. The van der Waals surface area contributed by atoms with Gasteiger partial charge in [-0.25, -0.2) is 14.8 Å². The summed E-state index contributed by atoms with van der Waals surface area (Å²) in [4.78, 5) is 20.8. The molecular weight excluding hydrogens is 328 g/mol. The smallest absolute Gasteiger partial charge is 0.434 e. The first kappa shape index (κ1) is 18.2. The number of aromatic nitrogens is 2. The number of hydrogen-bond acceptors (Lipinski definition) is 5. The monoisotopic (exact) mass is 348 g/mol. The number of benzene rings is 1. The first-order valence-electron chi connectivity index (χ1n) is 7.95. The predicted molar refractivity (Wildman–Crippen MR) is 93.6 cm³/mol. The van der Waals surface area contributed by atoms with Gasteiger partial charge in [0.15, 0.2) is 11.6 Å². The van der Waals surface area contributed by atoms with E-state index in [9.17, 15) is 4.79 Å². The number of rotatable bonds is 5. The van der Waals surface area contributed by atoms with Crippen molar-refractivity contribution >= 4 is 17.8 Å². The largest absolute Gasteiger partial charge is 0.513 e. The molecular formula is C18H21ClN2O3. The molecule has 0 radical (unpaired) electrons. The lowest BCUT2D eigenvalue weighted by Crippen LogP contribution is -2.15. The molecule has 0 aliphatic carbocycles. The molecule has 1 unspecified atom stereocenters. The third-order valence-electron chi connectivity index (χ3n) is 3.69. The maximum Gasteiger partial charge on any atom is 0.513 e.